The second-order valence-corrected chi connectivity index (χ2v) is 5.54. The van der Waals surface area contributed by atoms with E-state index in [-0.39, 0.29) is 12.1 Å². The van der Waals surface area contributed by atoms with Gasteiger partial charge in [0.15, 0.2) is 0 Å². The van der Waals surface area contributed by atoms with E-state index in [1.807, 2.05) is 55.5 Å². The summed E-state index contributed by atoms with van der Waals surface area (Å²) in [4.78, 5) is 19.8. The van der Waals surface area contributed by atoms with Crippen molar-refractivity contribution in [1.29, 1.82) is 0 Å². The molecule has 0 unspecified atom stereocenters. The van der Waals surface area contributed by atoms with E-state index in [0.29, 0.717) is 6.54 Å². The number of carbonyl (C=O) groups excluding carboxylic acids is 1. The number of para-hydroxylation sites is 2. The summed E-state index contributed by atoms with van der Waals surface area (Å²) in [5, 5.41) is 5.72. The van der Waals surface area contributed by atoms with Gasteiger partial charge in [-0.25, -0.2) is 9.78 Å². The standard InChI is InChI=1S/C18H20N4O2/c1-12(17-21-15-8-3-4-9-16(15)22-17)20-18(23)19-11-13-6-5-7-14(10-13)24-2/h3-10,12H,11H2,1-2H3,(H,21,22)(H2,19,20,23)/t12-/m1/s1. The molecule has 6 nitrogen and oxygen atoms in total. The second kappa shape index (κ2) is 7.04. The summed E-state index contributed by atoms with van der Waals surface area (Å²) >= 11 is 0. The van der Waals surface area contributed by atoms with E-state index in [4.69, 9.17) is 4.74 Å². The van der Waals surface area contributed by atoms with E-state index in [0.717, 1.165) is 28.2 Å². The number of hydrogen-bond donors (Lipinski definition) is 3. The summed E-state index contributed by atoms with van der Waals surface area (Å²) in [6.45, 7) is 2.32. The SMILES string of the molecule is COc1cccc(CNC(=O)N[C@H](C)c2nc3ccccc3[nH]2)c1. The van der Waals surface area contributed by atoms with Crippen LogP contribution in [-0.4, -0.2) is 23.1 Å². The fourth-order valence-corrected chi connectivity index (χ4v) is 2.46. The van der Waals surface area contributed by atoms with Gasteiger partial charge in [-0.15, -0.1) is 0 Å². The Hall–Kier alpha value is -3.02. The third kappa shape index (κ3) is 3.65. The van der Waals surface area contributed by atoms with E-state index < -0.39 is 0 Å². The van der Waals surface area contributed by atoms with Gasteiger partial charge in [0.2, 0.25) is 0 Å². The van der Waals surface area contributed by atoms with Crippen LogP contribution in [0.2, 0.25) is 0 Å². The Balaban J connectivity index is 1.57. The number of aromatic nitrogens is 2. The molecule has 0 bridgehead atoms. The van der Waals surface area contributed by atoms with Gasteiger partial charge in [-0.2, -0.15) is 0 Å². The first kappa shape index (κ1) is 15.9. The monoisotopic (exact) mass is 324 g/mol. The summed E-state index contributed by atoms with van der Waals surface area (Å²) in [5.41, 5.74) is 2.82. The van der Waals surface area contributed by atoms with Crippen LogP contribution in [0.1, 0.15) is 24.4 Å². The van der Waals surface area contributed by atoms with Crippen LogP contribution >= 0.6 is 0 Å². The van der Waals surface area contributed by atoms with Crippen molar-refractivity contribution < 1.29 is 9.53 Å². The lowest BCUT2D eigenvalue weighted by molar-refractivity contribution is 0.237. The van der Waals surface area contributed by atoms with Crippen molar-refractivity contribution in [2.45, 2.75) is 19.5 Å². The van der Waals surface area contributed by atoms with Crippen LogP contribution < -0.4 is 15.4 Å². The maximum Gasteiger partial charge on any atom is 0.315 e. The number of imidazole rings is 1. The molecule has 0 saturated carbocycles. The van der Waals surface area contributed by atoms with Crippen LogP contribution in [0.5, 0.6) is 5.75 Å². The molecule has 24 heavy (non-hydrogen) atoms. The third-order valence-electron chi connectivity index (χ3n) is 3.75. The fraction of sp³-hybridized carbons (Fsp3) is 0.222. The Labute approximate surface area is 140 Å². The average Bonchev–Trinajstić information content (AvgIpc) is 3.04. The minimum absolute atomic E-state index is 0.220. The predicted octanol–water partition coefficient (Wildman–Crippen LogP) is 3.13. The van der Waals surface area contributed by atoms with Gasteiger partial charge < -0.3 is 20.4 Å². The highest BCUT2D eigenvalue weighted by Gasteiger charge is 2.13. The molecule has 1 atom stereocenters. The van der Waals surface area contributed by atoms with E-state index in [9.17, 15) is 4.79 Å². The number of nitrogens with zero attached hydrogens (tertiary/aromatic N) is 1. The van der Waals surface area contributed by atoms with Crippen molar-refractivity contribution in [1.82, 2.24) is 20.6 Å². The largest absolute Gasteiger partial charge is 0.497 e. The Bertz CT molecular complexity index is 811. The number of hydrogen-bond acceptors (Lipinski definition) is 3. The Morgan fingerprint density at radius 1 is 1.25 bits per heavy atom. The number of ether oxygens (including phenoxy) is 1. The van der Waals surface area contributed by atoms with Crippen LogP contribution in [-0.2, 0) is 6.54 Å². The predicted molar refractivity (Wildman–Crippen MR) is 92.9 cm³/mol. The first-order valence-electron chi connectivity index (χ1n) is 7.77. The van der Waals surface area contributed by atoms with Crippen molar-refractivity contribution in [2.24, 2.45) is 0 Å². The molecule has 0 saturated heterocycles. The van der Waals surface area contributed by atoms with Crippen LogP contribution in [0.4, 0.5) is 4.79 Å². The lowest BCUT2D eigenvalue weighted by Gasteiger charge is -2.13. The Kier molecular flexibility index (Phi) is 4.65. The first-order chi connectivity index (χ1) is 11.7. The second-order valence-electron chi connectivity index (χ2n) is 5.54. The van der Waals surface area contributed by atoms with E-state index in [1.165, 1.54) is 0 Å². The number of amides is 2. The third-order valence-corrected chi connectivity index (χ3v) is 3.75. The molecule has 0 aliphatic carbocycles. The highest BCUT2D eigenvalue weighted by Crippen LogP contribution is 2.15. The maximum absolute atomic E-state index is 12.1. The summed E-state index contributed by atoms with van der Waals surface area (Å²) in [5.74, 6) is 1.50. The minimum Gasteiger partial charge on any atom is -0.497 e. The van der Waals surface area contributed by atoms with E-state index in [1.54, 1.807) is 7.11 Å². The molecular weight excluding hydrogens is 304 g/mol. The van der Waals surface area contributed by atoms with Crippen LogP contribution in [0, 0.1) is 0 Å². The Morgan fingerprint density at radius 2 is 2.08 bits per heavy atom. The molecule has 2 amide bonds. The number of rotatable bonds is 5. The molecule has 3 rings (SSSR count). The number of nitrogens with one attached hydrogen (secondary N) is 3. The molecule has 3 N–H and O–H groups in total. The van der Waals surface area contributed by atoms with Gasteiger partial charge in [0.1, 0.15) is 11.6 Å². The molecule has 3 aromatic rings. The van der Waals surface area contributed by atoms with Gasteiger partial charge >= 0.3 is 6.03 Å². The van der Waals surface area contributed by atoms with Crippen molar-refractivity contribution in [3.8, 4) is 5.75 Å². The smallest absolute Gasteiger partial charge is 0.315 e. The van der Waals surface area contributed by atoms with Crippen LogP contribution in [0.15, 0.2) is 48.5 Å². The minimum atomic E-state index is -0.245. The number of aromatic amines is 1. The lowest BCUT2D eigenvalue weighted by atomic mass is 10.2. The quantitative estimate of drug-likeness (QED) is 0.674. The van der Waals surface area contributed by atoms with Crippen molar-refractivity contribution in [3.05, 3.63) is 59.9 Å². The van der Waals surface area contributed by atoms with Gasteiger partial charge in [-0.3, -0.25) is 0 Å². The summed E-state index contributed by atoms with van der Waals surface area (Å²) in [6.07, 6.45) is 0. The zero-order valence-electron chi connectivity index (χ0n) is 13.7. The van der Waals surface area contributed by atoms with Gasteiger partial charge in [-0.05, 0) is 36.8 Å². The van der Waals surface area contributed by atoms with Crippen LogP contribution in [0.3, 0.4) is 0 Å². The highest BCUT2D eigenvalue weighted by atomic mass is 16.5. The molecule has 124 valence electrons. The molecule has 6 heteroatoms. The molecule has 1 aromatic heterocycles. The summed E-state index contributed by atoms with van der Waals surface area (Å²) in [6, 6.07) is 14.9. The molecule has 0 fully saturated rings. The molecular formula is C18H20N4O2. The molecule has 0 aliphatic rings. The Morgan fingerprint density at radius 3 is 2.88 bits per heavy atom. The maximum atomic E-state index is 12.1. The van der Waals surface area contributed by atoms with Crippen LogP contribution in [0.25, 0.3) is 11.0 Å². The zero-order valence-corrected chi connectivity index (χ0v) is 13.7. The molecule has 1 heterocycles. The number of benzene rings is 2. The van der Waals surface area contributed by atoms with Gasteiger partial charge in [0, 0.05) is 6.54 Å². The first-order valence-corrected chi connectivity index (χ1v) is 7.77. The van der Waals surface area contributed by atoms with Crippen molar-refractivity contribution >= 4 is 17.1 Å². The average molecular weight is 324 g/mol. The zero-order chi connectivity index (χ0) is 16.9. The highest BCUT2D eigenvalue weighted by molar-refractivity contribution is 5.76. The van der Waals surface area contributed by atoms with Crippen molar-refractivity contribution in [2.75, 3.05) is 7.11 Å². The number of fused-ring (bicyclic) bond motifs is 1. The van der Waals surface area contributed by atoms with E-state index in [2.05, 4.69) is 20.6 Å². The molecule has 2 aromatic carbocycles. The molecule has 0 radical (unpaired) electrons. The molecule has 0 spiro atoms. The summed E-state index contributed by atoms with van der Waals surface area (Å²) < 4.78 is 5.17. The fourth-order valence-electron chi connectivity index (χ4n) is 2.46. The molecule has 0 aliphatic heterocycles. The van der Waals surface area contributed by atoms with Gasteiger partial charge in [0.05, 0.1) is 24.2 Å². The van der Waals surface area contributed by atoms with Gasteiger partial charge in [0.25, 0.3) is 0 Å². The topological polar surface area (TPSA) is 79.0 Å². The number of carbonyl (C=O) groups is 1. The number of urea groups is 1. The lowest BCUT2D eigenvalue weighted by Crippen LogP contribution is -2.36. The van der Waals surface area contributed by atoms with Gasteiger partial charge in [-0.1, -0.05) is 24.3 Å². The number of methoxy groups -OCH3 is 1. The number of H-pyrrole nitrogens is 1. The van der Waals surface area contributed by atoms with Crippen molar-refractivity contribution in [3.63, 3.8) is 0 Å². The normalized spacial score (nSPS) is 11.9. The van der Waals surface area contributed by atoms with E-state index >= 15 is 0 Å². The summed E-state index contributed by atoms with van der Waals surface area (Å²) in [7, 11) is 1.62.